The lowest BCUT2D eigenvalue weighted by Crippen LogP contribution is -1.95. The molecule has 0 aliphatic heterocycles. The number of rotatable bonds is 8. The molecule has 0 aromatic heterocycles. The molecule has 0 aromatic carbocycles. The maximum atomic E-state index is 2.44. The molecule has 78 valence electrons. The first-order valence-electron chi connectivity index (χ1n) is 6.33. The summed E-state index contributed by atoms with van der Waals surface area (Å²) < 4.78 is 0. The summed E-state index contributed by atoms with van der Waals surface area (Å²) in [5.74, 6) is 2.14. The molecular formula is C13H26. The van der Waals surface area contributed by atoms with E-state index in [0.29, 0.717) is 0 Å². The predicted molar refractivity (Wildman–Crippen MR) is 59.9 cm³/mol. The molecule has 0 nitrogen and oxygen atoms in total. The molecule has 0 bridgehead atoms. The van der Waals surface area contributed by atoms with E-state index in [2.05, 4.69) is 13.8 Å². The monoisotopic (exact) mass is 182 g/mol. The van der Waals surface area contributed by atoms with Crippen LogP contribution in [0, 0.1) is 11.8 Å². The summed E-state index contributed by atoms with van der Waals surface area (Å²) in [5.41, 5.74) is 0. The minimum atomic E-state index is 1.01. The number of hydrogen-bond donors (Lipinski definition) is 0. The van der Waals surface area contributed by atoms with Gasteiger partial charge >= 0.3 is 0 Å². The molecule has 13 heavy (non-hydrogen) atoms. The van der Waals surface area contributed by atoms with Crippen LogP contribution in [-0.4, -0.2) is 0 Å². The van der Waals surface area contributed by atoms with Gasteiger partial charge in [0.1, 0.15) is 0 Å². The van der Waals surface area contributed by atoms with Gasteiger partial charge in [-0.1, -0.05) is 65.2 Å². The Labute approximate surface area is 84.1 Å². The Balaban J connectivity index is 1.80. The van der Waals surface area contributed by atoms with Crippen LogP contribution in [0.5, 0.6) is 0 Å². The van der Waals surface area contributed by atoms with E-state index >= 15 is 0 Å². The van der Waals surface area contributed by atoms with Gasteiger partial charge in [-0.25, -0.2) is 0 Å². The van der Waals surface area contributed by atoms with Crippen LogP contribution in [0.15, 0.2) is 0 Å². The van der Waals surface area contributed by atoms with Crippen molar-refractivity contribution < 1.29 is 0 Å². The van der Waals surface area contributed by atoms with Crippen LogP contribution < -0.4 is 0 Å². The van der Waals surface area contributed by atoms with Crippen molar-refractivity contribution >= 4 is 0 Å². The first kappa shape index (κ1) is 11.1. The van der Waals surface area contributed by atoms with E-state index in [1.165, 1.54) is 57.8 Å². The molecule has 1 saturated carbocycles. The van der Waals surface area contributed by atoms with E-state index in [-0.39, 0.29) is 0 Å². The minimum absolute atomic E-state index is 1.01. The topological polar surface area (TPSA) is 0 Å². The predicted octanol–water partition coefficient (Wildman–Crippen LogP) is 4.78. The van der Waals surface area contributed by atoms with Crippen LogP contribution in [0.1, 0.15) is 71.6 Å². The second-order valence-corrected chi connectivity index (χ2v) is 4.99. The molecule has 1 fully saturated rings. The summed E-state index contributed by atoms with van der Waals surface area (Å²) in [6.45, 7) is 4.73. The summed E-state index contributed by atoms with van der Waals surface area (Å²) in [6.07, 6.45) is 13.3. The van der Waals surface area contributed by atoms with Crippen LogP contribution in [0.4, 0.5) is 0 Å². The van der Waals surface area contributed by atoms with Crippen LogP contribution in [-0.2, 0) is 0 Å². The Hall–Kier alpha value is 0. The third kappa shape index (κ3) is 6.12. The molecule has 0 N–H and O–H groups in total. The van der Waals surface area contributed by atoms with Gasteiger partial charge in [0.2, 0.25) is 0 Å². The molecule has 0 spiro atoms. The van der Waals surface area contributed by atoms with Crippen molar-refractivity contribution in [3.05, 3.63) is 0 Å². The van der Waals surface area contributed by atoms with E-state index in [9.17, 15) is 0 Å². The summed E-state index contributed by atoms with van der Waals surface area (Å²) in [5, 5.41) is 0. The van der Waals surface area contributed by atoms with Crippen molar-refractivity contribution in [1.82, 2.24) is 0 Å². The van der Waals surface area contributed by atoms with Crippen LogP contribution in [0.25, 0.3) is 0 Å². The van der Waals surface area contributed by atoms with E-state index in [0.717, 1.165) is 11.8 Å². The average molecular weight is 182 g/mol. The van der Waals surface area contributed by atoms with E-state index in [1.807, 2.05) is 0 Å². The molecule has 0 amide bonds. The second-order valence-electron chi connectivity index (χ2n) is 4.99. The van der Waals surface area contributed by atoms with E-state index < -0.39 is 0 Å². The zero-order valence-electron chi connectivity index (χ0n) is 9.52. The largest absolute Gasteiger partial charge is 0.0654 e. The van der Waals surface area contributed by atoms with Crippen molar-refractivity contribution in [2.24, 2.45) is 11.8 Å². The highest BCUT2D eigenvalue weighted by Crippen LogP contribution is 2.36. The van der Waals surface area contributed by atoms with Gasteiger partial charge in [-0.05, 0) is 18.3 Å². The summed E-state index contributed by atoms with van der Waals surface area (Å²) >= 11 is 0. The lowest BCUT2D eigenvalue weighted by molar-refractivity contribution is 0.435. The van der Waals surface area contributed by atoms with Crippen LogP contribution >= 0.6 is 0 Å². The highest BCUT2D eigenvalue weighted by atomic mass is 14.3. The minimum Gasteiger partial charge on any atom is -0.0654 e. The van der Waals surface area contributed by atoms with Crippen molar-refractivity contribution in [2.45, 2.75) is 71.6 Å². The second kappa shape index (κ2) is 6.45. The molecule has 1 aliphatic carbocycles. The van der Waals surface area contributed by atoms with Crippen molar-refractivity contribution in [2.75, 3.05) is 0 Å². The zero-order valence-corrected chi connectivity index (χ0v) is 9.52. The SMILES string of the molecule is CCCCCCCC(C)CC1CC1. The first-order valence-corrected chi connectivity index (χ1v) is 6.33. The number of unbranched alkanes of at least 4 members (excludes halogenated alkanes) is 4. The van der Waals surface area contributed by atoms with E-state index in [1.54, 1.807) is 0 Å². The van der Waals surface area contributed by atoms with Crippen LogP contribution in [0.2, 0.25) is 0 Å². The van der Waals surface area contributed by atoms with Gasteiger partial charge in [-0.2, -0.15) is 0 Å². The van der Waals surface area contributed by atoms with Crippen LogP contribution in [0.3, 0.4) is 0 Å². The van der Waals surface area contributed by atoms with Gasteiger partial charge in [0, 0.05) is 0 Å². The molecule has 0 aromatic rings. The average Bonchev–Trinajstić information content (AvgIpc) is 2.88. The molecule has 0 heterocycles. The quantitative estimate of drug-likeness (QED) is 0.474. The van der Waals surface area contributed by atoms with Gasteiger partial charge in [0.25, 0.3) is 0 Å². The highest BCUT2D eigenvalue weighted by molar-refractivity contribution is 4.75. The molecule has 0 radical (unpaired) electrons. The zero-order chi connectivity index (χ0) is 9.52. The Morgan fingerprint density at radius 3 is 2.38 bits per heavy atom. The molecular weight excluding hydrogens is 156 g/mol. The Morgan fingerprint density at radius 2 is 1.77 bits per heavy atom. The molecule has 1 unspecified atom stereocenters. The third-order valence-electron chi connectivity index (χ3n) is 3.23. The number of hydrogen-bond acceptors (Lipinski definition) is 0. The molecule has 1 rings (SSSR count). The first-order chi connectivity index (χ1) is 6.33. The highest BCUT2D eigenvalue weighted by Gasteiger charge is 2.22. The Morgan fingerprint density at radius 1 is 1.08 bits per heavy atom. The van der Waals surface area contributed by atoms with Gasteiger partial charge in [0.15, 0.2) is 0 Å². The van der Waals surface area contributed by atoms with Gasteiger partial charge < -0.3 is 0 Å². The summed E-state index contributed by atoms with van der Waals surface area (Å²) in [4.78, 5) is 0. The molecule has 1 aliphatic rings. The van der Waals surface area contributed by atoms with Crippen molar-refractivity contribution in [1.29, 1.82) is 0 Å². The Bertz CT molecular complexity index is 113. The third-order valence-corrected chi connectivity index (χ3v) is 3.23. The maximum absolute atomic E-state index is 2.44. The maximum Gasteiger partial charge on any atom is -0.0412 e. The fourth-order valence-corrected chi connectivity index (χ4v) is 2.14. The smallest absolute Gasteiger partial charge is 0.0412 e. The standard InChI is InChI=1S/C13H26/c1-3-4-5-6-7-8-12(2)11-13-9-10-13/h12-13H,3-11H2,1-2H3. The lowest BCUT2D eigenvalue weighted by Gasteiger charge is -2.09. The normalized spacial score (nSPS) is 18.9. The van der Waals surface area contributed by atoms with Crippen molar-refractivity contribution in [3.8, 4) is 0 Å². The Kier molecular flexibility index (Phi) is 5.50. The van der Waals surface area contributed by atoms with Crippen molar-refractivity contribution in [3.63, 3.8) is 0 Å². The van der Waals surface area contributed by atoms with Gasteiger partial charge in [-0.15, -0.1) is 0 Å². The lowest BCUT2D eigenvalue weighted by atomic mass is 9.97. The fourth-order valence-electron chi connectivity index (χ4n) is 2.14. The molecule has 1 atom stereocenters. The molecule has 0 saturated heterocycles. The van der Waals surface area contributed by atoms with E-state index in [4.69, 9.17) is 0 Å². The van der Waals surface area contributed by atoms with Gasteiger partial charge in [0.05, 0.1) is 0 Å². The fraction of sp³-hybridized carbons (Fsp3) is 1.00. The summed E-state index contributed by atoms with van der Waals surface area (Å²) in [7, 11) is 0. The summed E-state index contributed by atoms with van der Waals surface area (Å²) in [6, 6.07) is 0. The molecule has 0 heteroatoms. The van der Waals surface area contributed by atoms with Gasteiger partial charge in [-0.3, -0.25) is 0 Å².